The smallest absolute Gasteiger partial charge is 0.342 e. The Kier molecular flexibility index (Phi) is 6.41. The van der Waals surface area contributed by atoms with Crippen LogP contribution in [0.4, 0.5) is 5.82 Å². The van der Waals surface area contributed by atoms with Crippen molar-refractivity contribution >= 4 is 17.7 Å². The molecule has 1 aromatic heterocycles. The van der Waals surface area contributed by atoms with Gasteiger partial charge in [-0.2, -0.15) is 0 Å². The van der Waals surface area contributed by atoms with E-state index in [4.69, 9.17) is 4.74 Å². The van der Waals surface area contributed by atoms with Crippen molar-refractivity contribution in [2.24, 2.45) is 0 Å². The lowest BCUT2D eigenvalue weighted by Crippen LogP contribution is -2.34. The van der Waals surface area contributed by atoms with Crippen LogP contribution < -0.4 is 4.90 Å². The lowest BCUT2D eigenvalue weighted by Gasteiger charge is -2.21. The summed E-state index contributed by atoms with van der Waals surface area (Å²) >= 11 is 0. The van der Waals surface area contributed by atoms with Gasteiger partial charge in [-0.3, -0.25) is 4.79 Å². The lowest BCUT2D eigenvalue weighted by molar-refractivity contribution is -0.134. The fourth-order valence-electron chi connectivity index (χ4n) is 3.21. The van der Waals surface area contributed by atoms with Crippen LogP contribution in [-0.4, -0.2) is 48.0 Å². The van der Waals surface area contributed by atoms with Crippen molar-refractivity contribution in [3.05, 3.63) is 59.8 Å². The first-order valence-electron chi connectivity index (χ1n) is 9.38. The molecule has 0 spiro atoms. The number of hydrogen-bond donors (Lipinski definition) is 0. The van der Waals surface area contributed by atoms with Crippen LogP contribution in [0.3, 0.4) is 0 Å². The van der Waals surface area contributed by atoms with E-state index in [1.807, 2.05) is 37.3 Å². The van der Waals surface area contributed by atoms with Crippen LogP contribution >= 0.6 is 0 Å². The van der Waals surface area contributed by atoms with Gasteiger partial charge in [0.1, 0.15) is 11.4 Å². The number of benzene rings is 1. The third-order valence-corrected chi connectivity index (χ3v) is 4.69. The second kappa shape index (κ2) is 9.16. The van der Waals surface area contributed by atoms with Crippen LogP contribution in [0.2, 0.25) is 0 Å². The van der Waals surface area contributed by atoms with E-state index in [0.717, 1.165) is 31.5 Å². The Balaban J connectivity index is 1.60. The third kappa shape index (κ3) is 4.84. The molecule has 1 aliphatic heterocycles. The highest BCUT2D eigenvalue weighted by Gasteiger charge is 2.22. The first-order chi connectivity index (χ1) is 13.2. The van der Waals surface area contributed by atoms with Crippen LogP contribution in [0, 0.1) is 0 Å². The van der Waals surface area contributed by atoms with Gasteiger partial charge in [0.2, 0.25) is 0 Å². The zero-order valence-corrected chi connectivity index (χ0v) is 15.6. The van der Waals surface area contributed by atoms with Crippen LogP contribution in [0.15, 0.2) is 48.7 Å². The Hall–Kier alpha value is -2.89. The molecular formula is C21H25N3O3. The Morgan fingerprint density at radius 1 is 1.11 bits per heavy atom. The maximum Gasteiger partial charge on any atom is 0.342 e. The molecule has 2 aromatic rings. The molecule has 0 unspecified atom stereocenters. The van der Waals surface area contributed by atoms with Gasteiger partial charge < -0.3 is 14.5 Å². The first-order valence-corrected chi connectivity index (χ1v) is 9.38. The molecule has 6 heteroatoms. The predicted octanol–water partition coefficient (Wildman–Crippen LogP) is 2.89. The van der Waals surface area contributed by atoms with E-state index in [-0.39, 0.29) is 12.5 Å². The predicted molar refractivity (Wildman–Crippen MR) is 103 cm³/mol. The Labute approximate surface area is 159 Å². The van der Waals surface area contributed by atoms with Crippen molar-refractivity contribution in [2.45, 2.75) is 26.3 Å². The highest BCUT2D eigenvalue weighted by Crippen LogP contribution is 2.22. The second-order valence-corrected chi connectivity index (χ2v) is 6.54. The standard InChI is InChI=1S/C21H25N3O3/c1-2-23(15-17-9-4-3-5-10-17)19(25)16-27-21(26)18-11-8-12-22-20(18)24-13-6-7-14-24/h3-5,8-12H,2,6-7,13-16H2,1H3. The molecule has 1 fully saturated rings. The fraction of sp³-hybridized carbons (Fsp3) is 0.381. The zero-order valence-electron chi connectivity index (χ0n) is 15.6. The molecule has 0 N–H and O–H groups in total. The van der Waals surface area contributed by atoms with E-state index in [1.165, 1.54) is 0 Å². The summed E-state index contributed by atoms with van der Waals surface area (Å²) in [6.45, 7) is 4.47. The van der Waals surface area contributed by atoms with E-state index >= 15 is 0 Å². The van der Waals surface area contributed by atoms with Crippen LogP contribution in [-0.2, 0) is 16.1 Å². The van der Waals surface area contributed by atoms with Gasteiger partial charge in [-0.1, -0.05) is 30.3 Å². The minimum absolute atomic E-state index is 0.207. The van der Waals surface area contributed by atoms with Gasteiger partial charge in [-0.05, 0) is 37.5 Å². The molecule has 0 aliphatic carbocycles. The number of hydrogen-bond acceptors (Lipinski definition) is 5. The molecule has 2 heterocycles. The van der Waals surface area contributed by atoms with Gasteiger partial charge in [0.25, 0.3) is 5.91 Å². The number of esters is 1. The van der Waals surface area contributed by atoms with Crippen molar-refractivity contribution in [1.82, 2.24) is 9.88 Å². The van der Waals surface area contributed by atoms with Crippen LogP contribution in [0.25, 0.3) is 0 Å². The molecule has 1 aliphatic rings. The monoisotopic (exact) mass is 367 g/mol. The number of rotatable bonds is 7. The summed E-state index contributed by atoms with van der Waals surface area (Å²) in [6, 6.07) is 13.2. The average molecular weight is 367 g/mol. The molecule has 0 bridgehead atoms. The van der Waals surface area contributed by atoms with Gasteiger partial charge >= 0.3 is 5.97 Å². The van der Waals surface area contributed by atoms with Crippen molar-refractivity contribution in [1.29, 1.82) is 0 Å². The van der Waals surface area contributed by atoms with E-state index in [9.17, 15) is 9.59 Å². The summed E-state index contributed by atoms with van der Waals surface area (Å²) < 4.78 is 5.31. The molecule has 6 nitrogen and oxygen atoms in total. The Bertz CT molecular complexity index is 773. The Morgan fingerprint density at radius 2 is 1.85 bits per heavy atom. The summed E-state index contributed by atoms with van der Waals surface area (Å²) in [5.41, 5.74) is 1.46. The van der Waals surface area contributed by atoms with E-state index in [2.05, 4.69) is 9.88 Å². The average Bonchev–Trinajstić information content (AvgIpc) is 3.25. The number of anilines is 1. The number of pyridine rings is 1. The highest BCUT2D eigenvalue weighted by molar-refractivity contribution is 5.96. The highest BCUT2D eigenvalue weighted by atomic mass is 16.5. The topological polar surface area (TPSA) is 62.7 Å². The summed E-state index contributed by atoms with van der Waals surface area (Å²) in [5.74, 6) is -0.0699. The number of aromatic nitrogens is 1. The molecule has 1 saturated heterocycles. The molecule has 1 amide bonds. The van der Waals surface area contributed by atoms with Crippen molar-refractivity contribution in [3.8, 4) is 0 Å². The molecule has 3 rings (SSSR count). The van der Waals surface area contributed by atoms with Crippen molar-refractivity contribution in [3.63, 3.8) is 0 Å². The van der Waals surface area contributed by atoms with Crippen molar-refractivity contribution < 1.29 is 14.3 Å². The fourth-order valence-corrected chi connectivity index (χ4v) is 3.21. The molecule has 1 aromatic carbocycles. The number of carbonyl (C=O) groups is 2. The molecule has 0 atom stereocenters. The number of amides is 1. The maximum atomic E-state index is 12.5. The lowest BCUT2D eigenvalue weighted by atomic mass is 10.2. The molecule has 142 valence electrons. The summed E-state index contributed by atoms with van der Waals surface area (Å²) in [7, 11) is 0. The number of carbonyl (C=O) groups excluding carboxylic acids is 2. The summed E-state index contributed by atoms with van der Waals surface area (Å²) in [5, 5.41) is 0. The van der Waals surface area contributed by atoms with Gasteiger partial charge in [0.15, 0.2) is 6.61 Å². The largest absolute Gasteiger partial charge is 0.452 e. The minimum Gasteiger partial charge on any atom is -0.452 e. The zero-order chi connectivity index (χ0) is 19.1. The molecule has 0 saturated carbocycles. The summed E-state index contributed by atoms with van der Waals surface area (Å²) in [6.07, 6.45) is 3.86. The maximum absolute atomic E-state index is 12.5. The van der Waals surface area contributed by atoms with Gasteiger partial charge in [-0.25, -0.2) is 9.78 Å². The Morgan fingerprint density at radius 3 is 2.56 bits per heavy atom. The quantitative estimate of drug-likeness (QED) is 0.704. The van der Waals surface area contributed by atoms with E-state index in [0.29, 0.717) is 24.5 Å². The summed E-state index contributed by atoms with van der Waals surface area (Å²) in [4.78, 5) is 33.1. The number of nitrogens with zero attached hydrogens (tertiary/aromatic N) is 3. The third-order valence-electron chi connectivity index (χ3n) is 4.69. The van der Waals surface area contributed by atoms with Crippen LogP contribution in [0.5, 0.6) is 0 Å². The van der Waals surface area contributed by atoms with Gasteiger partial charge in [0.05, 0.1) is 0 Å². The minimum atomic E-state index is -0.505. The molecule has 27 heavy (non-hydrogen) atoms. The number of likely N-dealkylation sites (N-methyl/N-ethyl adjacent to an activating group) is 1. The second-order valence-electron chi connectivity index (χ2n) is 6.54. The van der Waals surface area contributed by atoms with E-state index in [1.54, 1.807) is 23.2 Å². The molecular weight excluding hydrogens is 342 g/mol. The van der Waals surface area contributed by atoms with Gasteiger partial charge in [0, 0.05) is 32.4 Å². The molecule has 0 radical (unpaired) electrons. The SMILES string of the molecule is CCN(Cc1ccccc1)C(=O)COC(=O)c1cccnc1N1CCCC1. The van der Waals surface area contributed by atoms with Gasteiger partial charge in [-0.15, -0.1) is 0 Å². The normalized spacial score (nSPS) is 13.4. The van der Waals surface area contributed by atoms with Crippen LogP contribution in [0.1, 0.15) is 35.7 Å². The number of ether oxygens (including phenoxy) is 1. The van der Waals surface area contributed by atoms with E-state index < -0.39 is 5.97 Å². The first kappa shape index (κ1) is 18.9. The van der Waals surface area contributed by atoms with Crippen molar-refractivity contribution in [2.75, 3.05) is 31.1 Å².